The number of phenols is 2. The summed E-state index contributed by atoms with van der Waals surface area (Å²) in [6.45, 7) is 0.498. The van der Waals surface area contributed by atoms with Gasteiger partial charge in [-0.05, 0) is 41.5 Å². The van der Waals surface area contributed by atoms with Crippen LogP contribution in [0.3, 0.4) is 0 Å². The average Bonchev–Trinajstić information content (AvgIpc) is 2.68. The molecule has 0 bridgehead atoms. The topological polar surface area (TPSA) is 58.9 Å². The Balaban J connectivity index is 1.82. The van der Waals surface area contributed by atoms with Crippen LogP contribution in [-0.4, -0.2) is 23.9 Å². The second-order valence-corrected chi connectivity index (χ2v) is 6.48. The van der Waals surface area contributed by atoms with E-state index in [9.17, 15) is 10.2 Å². The lowest BCUT2D eigenvalue weighted by atomic mass is 9.76. The van der Waals surface area contributed by atoms with Crippen molar-refractivity contribution in [1.82, 2.24) is 0 Å². The van der Waals surface area contributed by atoms with Crippen molar-refractivity contribution >= 4 is 0 Å². The van der Waals surface area contributed by atoms with E-state index >= 15 is 0 Å². The molecule has 0 amide bonds. The maximum Gasteiger partial charge on any atom is 0.126 e. The molecule has 1 heterocycles. The SMILES string of the molecule is COc1ccc([C@@H]2c3ccc(O)cc3OC[C@@H]2c2ccc(O)cc2)cc1. The molecule has 4 heteroatoms. The van der Waals surface area contributed by atoms with E-state index in [0.717, 1.165) is 22.4 Å². The summed E-state index contributed by atoms with van der Waals surface area (Å²) in [5.74, 6) is 2.14. The fourth-order valence-electron chi connectivity index (χ4n) is 3.63. The minimum atomic E-state index is 0.0785. The van der Waals surface area contributed by atoms with E-state index in [0.29, 0.717) is 12.4 Å². The Kier molecular flexibility index (Phi) is 4.17. The molecule has 4 rings (SSSR count). The van der Waals surface area contributed by atoms with Crippen LogP contribution in [0.4, 0.5) is 0 Å². The molecule has 2 N–H and O–H groups in total. The minimum Gasteiger partial charge on any atom is -0.508 e. The molecule has 0 aromatic heterocycles. The number of hydrogen-bond acceptors (Lipinski definition) is 4. The fraction of sp³-hybridized carbons (Fsp3) is 0.182. The van der Waals surface area contributed by atoms with E-state index in [2.05, 4.69) is 12.1 Å². The molecule has 0 saturated heterocycles. The van der Waals surface area contributed by atoms with Gasteiger partial charge in [0.1, 0.15) is 23.0 Å². The van der Waals surface area contributed by atoms with Crippen LogP contribution < -0.4 is 9.47 Å². The zero-order valence-corrected chi connectivity index (χ0v) is 14.4. The number of benzene rings is 3. The van der Waals surface area contributed by atoms with Crippen molar-refractivity contribution in [2.24, 2.45) is 0 Å². The number of aromatic hydroxyl groups is 2. The second kappa shape index (κ2) is 6.64. The van der Waals surface area contributed by atoms with E-state index in [1.807, 2.05) is 30.3 Å². The number of ether oxygens (including phenoxy) is 2. The van der Waals surface area contributed by atoms with Gasteiger partial charge in [0.15, 0.2) is 0 Å². The molecule has 0 saturated carbocycles. The highest BCUT2D eigenvalue weighted by Crippen LogP contribution is 2.47. The fourth-order valence-corrected chi connectivity index (χ4v) is 3.63. The van der Waals surface area contributed by atoms with Crippen LogP contribution in [0.25, 0.3) is 0 Å². The van der Waals surface area contributed by atoms with Crippen LogP contribution >= 0.6 is 0 Å². The van der Waals surface area contributed by atoms with Crippen molar-refractivity contribution in [2.75, 3.05) is 13.7 Å². The van der Waals surface area contributed by atoms with Crippen LogP contribution in [0.15, 0.2) is 66.7 Å². The molecular formula is C22H20O4. The zero-order valence-electron chi connectivity index (χ0n) is 14.4. The van der Waals surface area contributed by atoms with Crippen LogP contribution in [0, 0.1) is 0 Å². The molecule has 0 spiro atoms. The third-order valence-electron chi connectivity index (χ3n) is 4.95. The van der Waals surface area contributed by atoms with Crippen LogP contribution in [0.1, 0.15) is 28.5 Å². The van der Waals surface area contributed by atoms with Gasteiger partial charge in [-0.15, -0.1) is 0 Å². The van der Waals surface area contributed by atoms with Gasteiger partial charge in [0, 0.05) is 23.5 Å². The Morgan fingerprint density at radius 1 is 0.846 bits per heavy atom. The smallest absolute Gasteiger partial charge is 0.126 e. The first kappa shape index (κ1) is 16.3. The summed E-state index contributed by atoms with van der Waals surface area (Å²) in [4.78, 5) is 0. The van der Waals surface area contributed by atoms with Crippen molar-refractivity contribution in [3.63, 3.8) is 0 Å². The van der Waals surface area contributed by atoms with Crippen molar-refractivity contribution in [3.05, 3.63) is 83.4 Å². The van der Waals surface area contributed by atoms with Gasteiger partial charge < -0.3 is 19.7 Å². The molecule has 4 nitrogen and oxygen atoms in total. The Morgan fingerprint density at radius 3 is 2.19 bits per heavy atom. The van der Waals surface area contributed by atoms with Gasteiger partial charge in [-0.1, -0.05) is 30.3 Å². The van der Waals surface area contributed by atoms with Gasteiger partial charge in [-0.3, -0.25) is 0 Å². The first-order valence-corrected chi connectivity index (χ1v) is 8.54. The predicted molar refractivity (Wildman–Crippen MR) is 99.3 cm³/mol. The molecule has 0 unspecified atom stereocenters. The summed E-state index contributed by atoms with van der Waals surface area (Å²) in [5.41, 5.74) is 3.29. The molecule has 3 aromatic rings. The molecule has 0 aliphatic carbocycles. The maximum atomic E-state index is 9.80. The third kappa shape index (κ3) is 2.94. The van der Waals surface area contributed by atoms with E-state index in [-0.39, 0.29) is 23.3 Å². The Hall–Kier alpha value is -3.14. The molecule has 132 valence electrons. The van der Waals surface area contributed by atoms with Crippen LogP contribution in [-0.2, 0) is 0 Å². The first-order chi connectivity index (χ1) is 12.7. The van der Waals surface area contributed by atoms with Gasteiger partial charge in [0.05, 0.1) is 13.7 Å². The molecule has 2 atom stereocenters. The maximum absolute atomic E-state index is 9.80. The van der Waals surface area contributed by atoms with Gasteiger partial charge in [0.25, 0.3) is 0 Å². The summed E-state index contributed by atoms with van der Waals surface area (Å²) < 4.78 is 11.2. The largest absolute Gasteiger partial charge is 0.508 e. The first-order valence-electron chi connectivity index (χ1n) is 8.54. The van der Waals surface area contributed by atoms with E-state index in [4.69, 9.17) is 9.47 Å². The predicted octanol–water partition coefficient (Wildman–Crippen LogP) is 4.41. The van der Waals surface area contributed by atoms with Gasteiger partial charge in [0.2, 0.25) is 0 Å². The Bertz CT molecular complexity index is 900. The third-order valence-corrected chi connectivity index (χ3v) is 4.95. The monoisotopic (exact) mass is 348 g/mol. The van der Waals surface area contributed by atoms with Gasteiger partial charge in [-0.2, -0.15) is 0 Å². The number of phenolic OH excluding ortho intramolecular Hbond substituents is 2. The Morgan fingerprint density at radius 2 is 1.50 bits per heavy atom. The molecular weight excluding hydrogens is 328 g/mol. The average molecular weight is 348 g/mol. The molecule has 1 aliphatic heterocycles. The van der Waals surface area contributed by atoms with Crippen molar-refractivity contribution in [1.29, 1.82) is 0 Å². The molecule has 1 aliphatic rings. The van der Waals surface area contributed by atoms with Crippen molar-refractivity contribution < 1.29 is 19.7 Å². The molecule has 0 radical (unpaired) electrons. The minimum absolute atomic E-state index is 0.0785. The van der Waals surface area contributed by atoms with Gasteiger partial charge in [-0.25, -0.2) is 0 Å². The molecule has 0 fully saturated rings. The van der Waals surface area contributed by atoms with Crippen LogP contribution in [0.2, 0.25) is 0 Å². The highest BCUT2D eigenvalue weighted by molar-refractivity contribution is 5.51. The summed E-state index contributed by atoms with van der Waals surface area (Å²) >= 11 is 0. The highest BCUT2D eigenvalue weighted by atomic mass is 16.5. The number of rotatable bonds is 3. The van der Waals surface area contributed by atoms with E-state index < -0.39 is 0 Å². The number of fused-ring (bicyclic) bond motifs is 1. The molecule has 3 aromatic carbocycles. The van der Waals surface area contributed by atoms with E-state index in [1.165, 1.54) is 0 Å². The molecule has 26 heavy (non-hydrogen) atoms. The van der Waals surface area contributed by atoms with Crippen molar-refractivity contribution in [3.8, 4) is 23.0 Å². The zero-order chi connectivity index (χ0) is 18.1. The lowest BCUT2D eigenvalue weighted by molar-refractivity contribution is 0.247. The standard InChI is InChI=1S/C22H20O4/c1-25-18-9-4-15(5-10-18)22-19-11-8-17(24)12-21(19)26-13-20(22)14-2-6-16(23)7-3-14/h2-12,20,22-24H,13H2,1H3/t20-,22-/m1/s1. The summed E-state index contributed by atoms with van der Waals surface area (Å²) in [6, 6.07) is 20.6. The lowest BCUT2D eigenvalue weighted by Gasteiger charge is -2.34. The summed E-state index contributed by atoms with van der Waals surface area (Å²) in [5, 5.41) is 19.4. The number of hydrogen-bond donors (Lipinski definition) is 2. The van der Waals surface area contributed by atoms with Crippen molar-refractivity contribution in [2.45, 2.75) is 11.8 Å². The summed E-state index contributed by atoms with van der Waals surface area (Å²) in [6.07, 6.45) is 0. The Labute approximate surface area is 152 Å². The van der Waals surface area contributed by atoms with Crippen LogP contribution in [0.5, 0.6) is 23.0 Å². The second-order valence-electron chi connectivity index (χ2n) is 6.48. The summed E-state index contributed by atoms with van der Waals surface area (Å²) in [7, 11) is 1.65. The quantitative estimate of drug-likeness (QED) is 0.736. The van der Waals surface area contributed by atoms with Gasteiger partial charge >= 0.3 is 0 Å². The normalized spacial score (nSPS) is 18.7. The number of methoxy groups -OCH3 is 1. The van der Waals surface area contributed by atoms with E-state index in [1.54, 1.807) is 31.4 Å². The highest BCUT2D eigenvalue weighted by Gasteiger charge is 2.33. The lowest BCUT2D eigenvalue weighted by Crippen LogP contribution is -2.25.